The molecule has 4 N–H and O–H groups in total. The minimum Gasteiger partial charge on any atom is -0.497 e. The Morgan fingerprint density at radius 3 is 1.01 bits per heavy atom. The Labute approximate surface area is 416 Å². The van der Waals surface area contributed by atoms with Crippen molar-refractivity contribution in [2.45, 2.75) is 62.8 Å². The fraction of sp³-hybridized carbons (Fsp3) is 0.246. The second-order valence-corrected chi connectivity index (χ2v) is 18.9. The highest BCUT2D eigenvalue weighted by atomic mass is 16.5. The lowest BCUT2D eigenvalue weighted by Gasteiger charge is -2.41. The van der Waals surface area contributed by atoms with Crippen LogP contribution in [0.15, 0.2) is 182 Å². The van der Waals surface area contributed by atoms with Gasteiger partial charge in [0.05, 0.1) is 51.7 Å². The molecule has 0 aliphatic carbocycles. The van der Waals surface area contributed by atoms with E-state index in [1.54, 1.807) is 42.3 Å². The summed E-state index contributed by atoms with van der Waals surface area (Å²) >= 11 is 0. The fourth-order valence-corrected chi connectivity index (χ4v) is 9.81. The SMILES string of the molecule is COc1cccc(CC(O)(Cc2cccc(OC)c2)[C@@H](NC(=O)C(C)(C)C(=O)N[C@@H](c2cccc3ccccc23)C(O)(Cc2cccc(OC)c2)Cc2cccc(OC)c2)c2cccc3ccccc23)c1. The molecule has 0 radical (unpaired) electrons. The fourth-order valence-electron chi connectivity index (χ4n) is 9.81. The highest BCUT2D eigenvalue weighted by molar-refractivity contribution is 6.05. The summed E-state index contributed by atoms with van der Waals surface area (Å²) in [5, 5.41) is 37.2. The molecule has 0 bridgehead atoms. The Kier molecular flexibility index (Phi) is 15.1. The van der Waals surface area contributed by atoms with Gasteiger partial charge in [-0.2, -0.15) is 0 Å². The van der Waals surface area contributed by atoms with Crippen molar-refractivity contribution in [3.8, 4) is 23.0 Å². The van der Waals surface area contributed by atoms with Gasteiger partial charge in [-0.1, -0.05) is 133 Å². The molecule has 2 atom stereocenters. The molecule has 0 saturated heterocycles. The number of amides is 2. The van der Waals surface area contributed by atoms with Gasteiger partial charge < -0.3 is 39.8 Å². The standard InChI is InChI=1S/C61H62N2O8/c1-59(2,57(64)62-55(53-31-15-23-45-21-7-9-29-51(45)53)60(66,37-41-17-11-25-47(33-41)68-3)38-42-18-12-26-48(34-42)69-4)58(65)63-56(54-32-16-24-46-22-8-10-30-52(46)54)61(67,39-43-19-13-27-49(35-43)70-5)40-44-20-14-28-50(36-44)71-6/h7-36,55-56,66-67H,37-40H2,1-6H3,(H,62,64)(H,63,65)/t55-,56-/m0/s1. The van der Waals surface area contributed by atoms with Gasteiger partial charge in [-0.15, -0.1) is 0 Å². The monoisotopic (exact) mass is 950 g/mol. The topological polar surface area (TPSA) is 136 Å². The van der Waals surface area contributed by atoms with Crippen molar-refractivity contribution in [2.75, 3.05) is 28.4 Å². The molecule has 0 aromatic heterocycles. The van der Waals surface area contributed by atoms with Crippen molar-refractivity contribution in [2.24, 2.45) is 5.41 Å². The summed E-state index contributed by atoms with van der Waals surface area (Å²) in [5.41, 5.74) is -0.766. The lowest BCUT2D eigenvalue weighted by Crippen LogP contribution is -2.57. The van der Waals surface area contributed by atoms with Crippen LogP contribution in [0.25, 0.3) is 21.5 Å². The van der Waals surface area contributed by atoms with Gasteiger partial charge in [0, 0.05) is 25.7 Å². The second-order valence-electron chi connectivity index (χ2n) is 18.9. The smallest absolute Gasteiger partial charge is 0.235 e. The van der Waals surface area contributed by atoms with E-state index in [-0.39, 0.29) is 25.7 Å². The van der Waals surface area contributed by atoms with E-state index in [1.165, 1.54) is 0 Å². The summed E-state index contributed by atoms with van der Waals surface area (Å²) in [6, 6.07) is 55.2. The molecule has 0 aliphatic rings. The molecule has 0 heterocycles. The average Bonchev–Trinajstić information content (AvgIpc) is 3.39. The van der Waals surface area contributed by atoms with Crippen molar-refractivity contribution in [3.63, 3.8) is 0 Å². The Hall–Kier alpha value is -7.66. The van der Waals surface area contributed by atoms with Gasteiger partial charge in [-0.25, -0.2) is 0 Å². The van der Waals surface area contributed by atoms with Crippen LogP contribution in [0.4, 0.5) is 0 Å². The number of benzene rings is 8. The van der Waals surface area contributed by atoms with Gasteiger partial charge in [-0.3, -0.25) is 9.59 Å². The van der Waals surface area contributed by atoms with Crippen LogP contribution in [0.2, 0.25) is 0 Å². The van der Waals surface area contributed by atoms with Crippen LogP contribution in [0.1, 0.15) is 59.3 Å². The number of carbonyl (C=O) groups excluding carboxylic acids is 2. The summed E-state index contributed by atoms with van der Waals surface area (Å²) < 4.78 is 22.5. The van der Waals surface area contributed by atoms with Gasteiger partial charge in [0.1, 0.15) is 28.4 Å². The summed E-state index contributed by atoms with van der Waals surface area (Å²) in [4.78, 5) is 30.9. The molecule has 8 aromatic rings. The quantitative estimate of drug-likeness (QED) is 0.0555. The van der Waals surface area contributed by atoms with Crippen molar-refractivity contribution in [3.05, 3.63) is 215 Å². The minimum absolute atomic E-state index is 0.0902. The van der Waals surface area contributed by atoms with E-state index >= 15 is 9.59 Å². The number of aliphatic hydroxyl groups is 2. The summed E-state index contributed by atoms with van der Waals surface area (Å²) in [6.45, 7) is 3.15. The third-order valence-corrected chi connectivity index (χ3v) is 13.6. The van der Waals surface area contributed by atoms with E-state index < -0.39 is 40.5 Å². The minimum atomic E-state index is -1.79. The molecular formula is C61H62N2O8. The van der Waals surface area contributed by atoms with E-state index in [9.17, 15) is 10.2 Å². The molecular weight excluding hydrogens is 889 g/mol. The van der Waals surface area contributed by atoms with Gasteiger partial charge in [0.15, 0.2) is 0 Å². The maximum Gasteiger partial charge on any atom is 0.235 e. The maximum absolute atomic E-state index is 15.5. The number of carbonyl (C=O) groups is 2. The molecule has 8 aromatic carbocycles. The predicted molar refractivity (Wildman–Crippen MR) is 280 cm³/mol. The van der Waals surface area contributed by atoms with Crippen LogP contribution >= 0.6 is 0 Å². The van der Waals surface area contributed by atoms with E-state index in [0.717, 1.165) is 43.8 Å². The first-order valence-corrected chi connectivity index (χ1v) is 23.8. The van der Waals surface area contributed by atoms with Crippen LogP contribution < -0.4 is 29.6 Å². The van der Waals surface area contributed by atoms with Crippen molar-refractivity contribution >= 4 is 33.4 Å². The highest BCUT2D eigenvalue weighted by Crippen LogP contribution is 2.41. The molecule has 0 spiro atoms. The van der Waals surface area contributed by atoms with Crippen molar-refractivity contribution in [1.29, 1.82) is 0 Å². The highest BCUT2D eigenvalue weighted by Gasteiger charge is 2.47. The number of ether oxygens (including phenoxy) is 4. The van der Waals surface area contributed by atoms with Crippen molar-refractivity contribution in [1.82, 2.24) is 10.6 Å². The lowest BCUT2D eigenvalue weighted by molar-refractivity contribution is -0.145. The third kappa shape index (κ3) is 11.2. The molecule has 0 saturated carbocycles. The Morgan fingerprint density at radius 2 is 0.704 bits per heavy atom. The molecule has 10 nitrogen and oxygen atoms in total. The first-order chi connectivity index (χ1) is 34.2. The molecule has 0 fully saturated rings. The van der Waals surface area contributed by atoms with Crippen molar-refractivity contribution < 1.29 is 38.7 Å². The van der Waals surface area contributed by atoms with Gasteiger partial charge in [0.2, 0.25) is 11.8 Å². The van der Waals surface area contributed by atoms with E-state index in [2.05, 4.69) is 10.6 Å². The zero-order valence-electron chi connectivity index (χ0n) is 41.1. The van der Waals surface area contributed by atoms with E-state index in [1.807, 2.05) is 182 Å². The number of fused-ring (bicyclic) bond motifs is 2. The zero-order valence-corrected chi connectivity index (χ0v) is 41.1. The third-order valence-electron chi connectivity index (χ3n) is 13.6. The number of methoxy groups -OCH3 is 4. The molecule has 0 unspecified atom stereocenters. The largest absolute Gasteiger partial charge is 0.497 e. The van der Waals surface area contributed by atoms with Crippen LogP contribution in [0.5, 0.6) is 23.0 Å². The molecule has 10 heteroatoms. The average molecular weight is 951 g/mol. The maximum atomic E-state index is 15.5. The number of rotatable bonds is 20. The van der Waals surface area contributed by atoms with Crippen LogP contribution in [0, 0.1) is 5.41 Å². The number of nitrogens with one attached hydrogen (secondary N) is 2. The summed E-state index contributed by atoms with van der Waals surface area (Å²) in [5.74, 6) is 1.20. The van der Waals surface area contributed by atoms with Crippen LogP contribution in [0.3, 0.4) is 0 Å². The predicted octanol–water partition coefficient (Wildman–Crippen LogP) is 10.5. The lowest BCUT2D eigenvalue weighted by atomic mass is 9.76. The Bertz CT molecular complexity index is 2830. The van der Waals surface area contributed by atoms with E-state index in [4.69, 9.17) is 18.9 Å². The number of hydrogen-bond acceptors (Lipinski definition) is 8. The van der Waals surface area contributed by atoms with Crippen LogP contribution in [-0.4, -0.2) is 61.7 Å². The number of hydrogen-bond donors (Lipinski definition) is 4. The summed E-state index contributed by atoms with van der Waals surface area (Å²) in [7, 11) is 6.38. The first-order valence-electron chi connectivity index (χ1n) is 23.8. The summed E-state index contributed by atoms with van der Waals surface area (Å²) in [6.07, 6.45) is 0.361. The molecule has 71 heavy (non-hydrogen) atoms. The molecule has 8 rings (SSSR count). The zero-order chi connectivity index (χ0) is 50.2. The molecule has 2 amide bonds. The molecule has 0 aliphatic heterocycles. The second kappa shape index (κ2) is 21.5. The first kappa shape index (κ1) is 49.8. The van der Waals surface area contributed by atoms with Gasteiger partial charge in [0.25, 0.3) is 0 Å². The van der Waals surface area contributed by atoms with E-state index in [0.29, 0.717) is 34.1 Å². The van der Waals surface area contributed by atoms with Crippen LogP contribution in [-0.2, 0) is 35.3 Å². The Morgan fingerprint density at radius 1 is 0.423 bits per heavy atom. The van der Waals surface area contributed by atoms with Gasteiger partial charge >= 0.3 is 0 Å². The normalized spacial score (nSPS) is 12.7. The molecule has 364 valence electrons. The Balaban J connectivity index is 1.24. The van der Waals surface area contributed by atoms with Gasteiger partial charge in [-0.05, 0) is 117 Å².